The van der Waals surface area contributed by atoms with Gasteiger partial charge in [-0.3, -0.25) is 0 Å². The Morgan fingerprint density at radius 2 is 1.62 bits per heavy atom. The Morgan fingerprint density at radius 1 is 0.938 bits per heavy atom. The van der Waals surface area contributed by atoms with Crippen LogP contribution < -0.4 is 9.64 Å². The highest BCUT2D eigenvalue weighted by Crippen LogP contribution is 2.29. The number of aromatic nitrogens is 2. The van der Waals surface area contributed by atoms with Crippen LogP contribution in [0.3, 0.4) is 0 Å². The zero-order chi connectivity index (χ0) is 21.9. The summed E-state index contributed by atoms with van der Waals surface area (Å²) in [6.45, 7) is 2.15. The van der Waals surface area contributed by atoms with Gasteiger partial charge in [-0.1, -0.05) is 6.08 Å². The summed E-state index contributed by atoms with van der Waals surface area (Å²) in [5, 5.41) is 8.52. The molecule has 2 atom stereocenters. The Labute approximate surface area is 189 Å². The van der Waals surface area contributed by atoms with Crippen molar-refractivity contribution in [2.24, 2.45) is 0 Å². The molecular weight excluding hydrogens is 400 g/mol. The molecule has 1 aliphatic heterocycles. The van der Waals surface area contributed by atoms with Gasteiger partial charge in [0.05, 0.1) is 0 Å². The minimum atomic E-state index is 0.168. The van der Waals surface area contributed by atoms with Gasteiger partial charge in [-0.05, 0) is 94.4 Å². The second kappa shape index (κ2) is 9.17. The van der Waals surface area contributed by atoms with Crippen molar-refractivity contribution in [2.45, 2.75) is 37.8 Å². The molecule has 2 heterocycles. The van der Waals surface area contributed by atoms with Crippen LogP contribution in [0.4, 0.5) is 5.69 Å². The van der Waals surface area contributed by atoms with Gasteiger partial charge in [0.2, 0.25) is 11.8 Å². The van der Waals surface area contributed by atoms with E-state index in [4.69, 9.17) is 9.15 Å². The summed E-state index contributed by atoms with van der Waals surface area (Å²) in [4.78, 5) is 4.74. The first-order valence-electron chi connectivity index (χ1n) is 11.4. The number of likely N-dealkylation sites (N-methyl/N-ethyl adjacent to an activating group) is 1. The molecule has 1 saturated heterocycles. The molecule has 1 fully saturated rings. The van der Waals surface area contributed by atoms with Crippen molar-refractivity contribution in [2.75, 3.05) is 32.1 Å². The lowest BCUT2D eigenvalue weighted by Gasteiger charge is -2.21. The molecule has 0 saturated carbocycles. The number of rotatable bonds is 6. The molecule has 2 aliphatic rings. The van der Waals surface area contributed by atoms with Gasteiger partial charge in [-0.15, -0.1) is 10.2 Å². The summed E-state index contributed by atoms with van der Waals surface area (Å²) in [6, 6.07) is 16.9. The van der Waals surface area contributed by atoms with Crippen molar-refractivity contribution < 1.29 is 9.15 Å². The Bertz CT molecular complexity index is 1060. The highest BCUT2D eigenvalue weighted by atomic mass is 16.5. The fraction of sp³-hybridized carbons (Fsp3) is 0.385. The molecule has 3 aromatic rings. The minimum absolute atomic E-state index is 0.168. The standard InChI is InChI=1S/C26H30N4O2/c1-29(2)22-16-17-30(18-22)21-12-8-19(9-13-21)25-27-28-26(32-25)20-10-14-24(15-11-20)31-23-6-4-3-5-7-23/h4,6,8-15,22-23H,3,5,7,16-18H2,1-2H3. The van der Waals surface area contributed by atoms with Gasteiger partial charge < -0.3 is 19.0 Å². The molecule has 0 bridgehead atoms. The van der Waals surface area contributed by atoms with Gasteiger partial charge in [0.1, 0.15) is 11.9 Å². The van der Waals surface area contributed by atoms with Crippen LogP contribution in [0.15, 0.2) is 65.1 Å². The maximum Gasteiger partial charge on any atom is 0.248 e. The molecule has 32 heavy (non-hydrogen) atoms. The summed E-state index contributed by atoms with van der Waals surface area (Å²) in [6.07, 6.45) is 9.11. The fourth-order valence-corrected chi connectivity index (χ4v) is 4.40. The number of anilines is 1. The lowest BCUT2D eigenvalue weighted by molar-refractivity contribution is 0.230. The third-order valence-electron chi connectivity index (χ3n) is 6.40. The zero-order valence-corrected chi connectivity index (χ0v) is 18.8. The van der Waals surface area contributed by atoms with Gasteiger partial charge in [-0.2, -0.15) is 0 Å². The Morgan fingerprint density at radius 3 is 2.22 bits per heavy atom. The molecule has 0 N–H and O–H groups in total. The molecule has 5 rings (SSSR count). The van der Waals surface area contributed by atoms with E-state index in [9.17, 15) is 0 Å². The third-order valence-corrected chi connectivity index (χ3v) is 6.40. The first kappa shape index (κ1) is 20.8. The van der Waals surface area contributed by atoms with Crippen molar-refractivity contribution in [3.8, 4) is 28.7 Å². The molecule has 2 aromatic carbocycles. The first-order valence-corrected chi connectivity index (χ1v) is 11.4. The third kappa shape index (κ3) is 4.55. The van der Waals surface area contributed by atoms with Crippen LogP contribution in [0.25, 0.3) is 22.9 Å². The summed E-state index contributed by atoms with van der Waals surface area (Å²) in [5.74, 6) is 1.91. The number of allylic oxidation sites excluding steroid dienone is 1. The van der Waals surface area contributed by atoms with E-state index in [0.29, 0.717) is 17.8 Å². The zero-order valence-electron chi connectivity index (χ0n) is 18.8. The minimum Gasteiger partial charge on any atom is -0.486 e. The van der Waals surface area contributed by atoms with Crippen LogP contribution in [0.1, 0.15) is 25.7 Å². The summed E-state index contributed by atoms with van der Waals surface area (Å²) >= 11 is 0. The predicted molar refractivity (Wildman–Crippen MR) is 127 cm³/mol. The monoisotopic (exact) mass is 430 g/mol. The van der Waals surface area contributed by atoms with Crippen molar-refractivity contribution in [1.29, 1.82) is 0 Å². The van der Waals surface area contributed by atoms with Gasteiger partial charge >= 0.3 is 0 Å². The molecule has 166 valence electrons. The van der Waals surface area contributed by atoms with E-state index in [1.54, 1.807) is 0 Å². The van der Waals surface area contributed by atoms with E-state index >= 15 is 0 Å². The summed E-state index contributed by atoms with van der Waals surface area (Å²) < 4.78 is 12.0. The number of hydrogen-bond acceptors (Lipinski definition) is 6. The maximum absolute atomic E-state index is 6.03. The molecule has 0 spiro atoms. The van der Waals surface area contributed by atoms with Crippen LogP contribution in [0.5, 0.6) is 5.75 Å². The smallest absolute Gasteiger partial charge is 0.248 e. The number of ether oxygens (including phenoxy) is 1. The lowest BCUT2D eigenvalue weighted by atomic mass is 10.1. The van der Waals surface area contributed by atoms with E-state index in [2.05, 4.69) is 70.5 Å². The predicted octanol–water partition coefficient (Wildman–Crippen LogP) is 5.03. The maximum atomic E-state index is 6.03. The van der Waals surface area contributed by atoms with Crippen molar-refractivity contribution in [3.63, 3.8) is 0 Å². The van der Waals surface area contributed by atoms with Gasteiger partial charge in [-0.25, -0.2) is 0 Å². The average molecular weight is 431 g/mol. The second-order valence-corrected chi connectivity index (χ2v) is 8.85. The largest absolute Gasteiger partial charge is 0.486 e. The molecule has 1 aliphatic carbocycles. The molecule has 6 heteroatoms. The first-order chi connectivity index (χ1) is 15.7. The van der Waals surface area contributed by atoms with Crippen molar-refractivity contribution >= 4 is 5.69 Å². The van der Waals surface area contributed by atoms with E-state index < -0.39 is 0 Å². The fourth-order valence-electron chi connectivity index (χ4n) is 4.40. The Hall–Kier alpha value is -3.12. The summed E-state index contributed by atoms with van der Waals surface area (Å²) in [7, 11) is 4.30. The highest BCUT2D eigenvalue weighted by Gasteiger charge is 2.24. The van der Waals surface area contributed by atoms with E-state index in [1.807, 2.05) is 24.3 Å². The SMILES string of the molecule is CN(C)C1CCN(c2ccc(-c3nnc(-c4ccc(OC5C=CCCC5)cc4)o3)cc2)C1. The van der Waals surface area contributed by atoms with Gasteiger partial charge in [0, 0.05) is 35.9 Å². The van der Waals surface area contributed by atoms with Crippen molar-refractivity contribution in [3.05, 3.63) is 60.7 Å². The summed E-state index contributed by atoms with van der Waals surface area (Å²) in [5.41, 5.74) is 3.06. The van der Waals surface area contributed by atoms with E-state index in [-0.39, 0.29) is 6.10 Å². The van der Waals surface area contributed by atoms with Crippen LogP contribution in [0, 0.1) is 0 Å². The van der Waals surface area contributed by atoms with Crippen LogP contribution in [-0.2, 0) is 0 Å². The van der Waals surface area contributed by atoms with E-state index in [0.717, 1.165) is 42.8 Å². The number of hydrogen-bond donors (Lipinski definition) is 0. The van der Waals surface area contributed by atoms with E-state index in [1.165, 1.54) is 18.5 Å². The van der Waals surface area contributed by atoms with Crippen LogP contribution in [0.2, 0.25) is 0 Å². The molecular formula is C26H30N4O2. The van der Waals surface area contributed by atoms with Crippen LogP contribution in [-0.4, -0.2) is 54.4 Å². The Balaban J connectivity index is 1.24. The second-order valence-electron chi connectivity index (χ2n) is 8.85. The number of nitrogens with zero attached hydrogens (tertiary/aromatic N) is 4. The van der Waals surface area contributed by atoms with Crippen LogP contribution >= 0.6 is 0 Å². The lowest BCUT2D eigenvalue weighted by Crippen LogP contribution is -2.31. The van der Waals surface area contributed by atoms with Gasteiger partial charge in [0.25, 0.3) is 0 Å². The molecule has 2 unspecified atom stereocenters. The highest BCUT2D eigenvalue weighted by molar-refractivity contribution is 5.62. The Kier molecular flexibility index (Phi) is 5.95. The van der Waals surface area contributed by atoms with Gasteiger partial charge in [0.15, 0.2) is 0 Å². The number of benzene rings is 2. The quantitative estimate of drug-likeness (QED) is 0.511. The molecule has 1 aromatic heterocycles. The molecule has 6 nitrogen and oxygen atoms in total. The normalized spacial score (nSPS) is 20.8. The molecule has 0 amide bonds. The topological polar surface area (TPSA) is 54.6 Å². The average Bonchev–Trinajstić information content (AvgIpc) is 3.51. The molecule has 0 radical (unpaired) electrons. The van der Waals surface area contributed by atoms with Crippen molar-refractivity contribution in [1.82, 2.24) is 15.1 Å².